The maximum absolute atomic E-state index is 13.0. The molecule has 1 heterocycles. The molecule has 3 aromatic carbocycles. The Labute approximate surface area is 236 Å². The lowest BCUT2D eigenvalue weighted by atomic mass is 10.1. The predicted molar refractivity (Wildman–Crippen MR) is 149 cm³/mol. The molecule has 3 aromatic rings. The summed E-state index contributed by atoms with van der Waals surface area (Å²) in [6, 6.07) is 17.7. The van der Waals surface area contributed by atoms with Crippen molar-refractivity contribution in [2.75, 3.05) is 6.61 Å². The Morgan fingerprint density at radius 1 is 1.08 bits per heavy atom. The van der Waals surface area contributed by atoms with E-state index in [1.54, 1.807) is 60.7 Å². The summed E-state index contributed by atoms with van der Waals surface area (Å²) in [5.41, 5.74) is 2.44. The molecule has 0 aliphatic carbocycles. The molecule has 0 bridgehead atoms. The van der Waals surface area contributed by atoms with Crippen LogP contribution in [0.1, 0.15) is 29.2 Å². The fraction of sp³-hybridized carbons (Fsp3) is 0.148. The Hall–Kier alpha value is -2.96. The monoisotopic (exact) mass is 616 g/mol. The van der Waals surface area contributed by atoms with Crippen molar-refractivity contribution in [3.05, 3.63) is 96.3 Å². The zero-order valence-electron chi connectivity index (χ0n) is 19.5. The third kappa shape index (κ3) is 6.31. The van der Waals surface area contributed by atoms with Crippen molar-refractivity contribution in [1.82, 2.24) is 4.90 Å². The number of thioether (sulfide) groups is 1. The molecule has 6 nitrogen and oxygen atoms in total. The van der Waals surface area contributed by atoms with Crippen molar-refractivity contribution in [2.45, 2.75) is 20.1 Å². The van der Waals surface area contributed by atoms with Crippen LogP contribution in [-0.2, 0) is 17.9 Å². The van der Waals surface area contributed by atoms with Crippen molar-refractivity contribution in [3.63, 3.8) is 0 Å². The summed E-state index contributed by atoms with van der Waals surface area (Å²) >= 11 is 16.6. The molecule has 188 valence electrons. The fourth-order valence-corrected chi connectivity index (χ4v) is 5.46. The molecular formula is C27H19BrCl2N2O4S. The Morgan fingerprint density at radius 2 is 1.86 bits per heavy atom. The zero-order chi connectivity index (χ0) is 26.5. The molecule has 0 spiro atoms. The largest absolute Gasteiger partial charge is 0.490 e. The van der Waals surface area contributed by atoms with Crippen LogP contribution in [0.15, 0.2) is 64.0 Å². The van der Waals surface area contributed by atoms with E-state index >= 15 is 0 Å². The number of ether oxygens (including phenoxy) is 2. The van der Waals surface area contributed by atoms with E-state index in [1.807, 2.05) is 6.92 Å². The Kier molecular flexibility index (Phi) is 8.83. The number of hydrogen-bond acceptors (Lipinski definition) is 6. The Bertz CT molecular complexity index is 1450. The van der Waals surface area contributed by atoms with Gasteiger partial charge in [0.15, 0.2) is 11.5 Å². The van der Waals surface area contributed by atoms with Gasteiger partial charge in [-0.05, 0) is 82.2 Å². The molecule has 1 aliphatic heterocycles. The van der Waals surface area contributed by atoms with Crippen LogP contribution in [0.2, 0.25) is 10.0 Å². The molecule has 0 saturated carbocycles. The average molecular weight is 618 g/mol. The lowest BCUT2D eigenvalue weighted by molar-refractivity contribution is -0.123. The number of amides is 2. The van der Waals surface area contributed by atoms with E-state index in [4.69, 9.17) is 32.7 Å². The van der Waals surface area contributed by atoms with Crippen molar-refractivity contribution < 1.29 is 19.1 Å². The minimum absolute atomic E-state index is 0.0274. The van der Waals surface area contributed by atoms with Gasteiger partial charge in [-0.2, -0.15) is 5.26 Å². The summed E-state index contributed by atoms with van der Waals surface area (Å²) in [5.74, 6) is 0.524. The highest BCUT2D eigenvalue weighted by atomic mass is 79.9. The van der Waals surface area contributed by atoms with Crippen molar-refractivity contribution in [3.8, 4) is 17.6 Å². The maximum Gasteiger partial charge on any atom is 0.293 e. The average Bonchev–Trinajstić information content (AvgIpc) is 3.12. The standard InChI is InChI=1S/C27H19BrCl2N2O4S/c1-2-35-23-10-16(9-21(28)25(23)36-15-19-7-8-20(29)12-22(19)30)11-24-26(33)32(27(34)37-24)14-18-6-4-3-5-17(18)13-31/h3-12H,2,14-15H2,1H3/b24-11+. The topological polar surface area (TPSA) is 79.6 Å². The molecule has 0 unspecified atom stereocenters. The smallest absolute Gasteiger partial charge is 0.293 e. The van der Waals surface area contributed by atoms with Crippen LogP contribution in [-0.4, -0.2) is 22.7 Å². The molecule has 1 saturated heterocycles. The predicted octanol–water partition coefficient (Wildman–Crippen LogP) is 7.84. The van der Waals surface area contributed by atoms with Crippen LogP contribution in [0.3, 0.4) is 0 Å². The van der Waals surface area contributed by atoms with Gasteiger partial charge >= 0.3 is 0 Å². The molecule has 0 N–H and O–H groups in total. The first-order valence-electron chi connectivity index (χ1n) is 11.1. The highest BCUT2D eigenvalue weighted by molar-refractivity contribution is 9.10. The lowest BCUT2D eigenvalue weighted by Gasteiger charge is -2.15. The molecule has 37 heavy (non-hydrogen) atoms. The van der Waals surface area contributed by atoms with Crippen molar-refractivity contribution >= 4 is 68.1 Å². The van der Waals surface area contributed by atoms with E-state index in [1.165, 1.54) is 0 Å². The SMILES string of the molecule is CCOc1cc(/C=C2/SC(=O)N(Cc3ccccc3C#N)C2=O)cc(Br)c1OCc1ccc(Cl)cc1Cl. The quantitative estimate of drug-likeness (QED) is 0.240. The molecule has 1 aliphatic rings. The zero-order valence-corrected chi connectivity index (χ0v) is 23.4. The van der Waals surface area contributed by atoms with E-state index in [2.05, 4.69) is 22.0 Å². The fourth-order valence-electron chi connectivity index (χ4n) is 3.59. The summed E-state index contributed by atoms with van der Waals surface area (Å²) < 4.78 is 12.4. The van der Waals surface area contributed by atoms with E-state index in [0.29, 0.717) is 49.3 Å². The van der Waals surface area contributed by atoms with E-state index in [-0.39, 0.29) is 18.1 Å². The summed E-state index contributed by atoms with van der Waals surface area (Å²) in [4.78, 5) is 27.1. The number of hydrogen-bond donors (Lipinski definition) is 0. The number of nitriles is 1. The van der Waals surface area contributed by atoms with E-state index in [9.17, 15) is 14.9 Å². The third-order valence-electron chi connectivity index (χ3n) is 5.36. The molecule has 4 rings (SSSR count). The van der Waals surface area contributed by atoms with Gasteiger partial charge in [0.1, 0.15) is 6.61 Å². The first-order chi connectivity index (χ1) is 17.8. The highest BCUT2D eigenvalue weighted by Crippen LogP contribution is 2.40. The number of carbonyl (C=O) groups excluding carboxylic acids is 2. The maximum atomic E-state index is 13.0. The summed E-state index contributed by atoms with van der Waals surface area (Å²) in [5, 5.41) is 9.95. The normalized spacial score (nSPS) is 14.2. The minimum atomic E-state index is -0.422. The van der Waals surface area contributed by atoms with Gasteiger partial charge in [-0.15, -0.1) is 0 Å². The molecule has 10 heteroatoms. The highest BCUT2D eigenvalue weighted by Gasteiger charge is 2.35. The van der Waals surface area contributed by atoms with Gasteiger partial charge in [0.25, 0.3) is 11.1 Å². The second-order valence-electron chi connectivity index (χ2n) is 7.82. The Balaban J connectivity index is 1.57. The molecule has 1 fully saturated rings. The second-order valence-corrected chi connectivity index (χ2v) is 10.5. The van der Waals surface area contributed by atoms with Crippen LogP contribution in [0.4, 0.5) is 4.79 Å². The molecule has 2 amide bonds. The number of carbonyl (C=O) groups is 2. The van der Waals surface area contributed by atoms with Gasteiger partial charge in [-0.1, -0.05) is 47.5 Å². The number of rotatable bonds is 8. The van der Waals surface area contributed by atoms with Crippen LogP contribution in [0.5, 0.6) is 11.5 Å². The van der Waals surface area contributed by atoms with E-state index < -0.39 is 11.1 Å². The van der Waals surface area contributed by atoms with Gasteiger partial charge in [0, 0.05) is 15.6 Å². The Morgan fingerprint density at radius 3 is 2.59 bits per heavy atom. The second kappa shape index (κ2) is 12.1. The first kappa shape index (κ1) is 27.1. The number of halogens is 3. The lowest BCUT2D eigenvalue weighted by Crippen LogP contribution is -2.27. The summed E-state index contributed by atoms with van der Waals surface area (Å²) in [6.45, 7) is 2.46. The number of nitrogens with zero attached hydrogens (tertiary/aromatic N) is 2. The van der Waals surface area contributed by atoms with Crippen LogP contribution >= 0.6 is 50.9 Å². The molecule has 0 aromatic heterocycles. The molecule has 0 atom stereocenters. The van der Waals surface area contributed by atoms with Gasteiger partial charge < -0.3 is 9.47 Å². The minimum Gasteiger partial charge on any atom is -0.490 e. The van der Waals surface area contributed by atoms with E-state index in [0.717, 1.165) is 22.2 Å². The van der Waals surface area contributed by atoms with Gasteiger partial charge in [-0.3, -0.25) is 14.5 Å². The molecular weight excluding hydrogens is 599 g/mol. The van der Waals surface area contributed by atoms with Crippen LogP contribution in [0, 0.1) is 11.3 Å². The van der Waals surface area contributed by atoms with Crippen molar-refractivity contribution in [1.29, 1.82) is 5.26 Å². The number of benzene rings is 3. The van der Waals surface area contributed by atoms with Crippen LogP contribution in [0.25, 0.3) is 6.08 Å². The van der Waals surface area contributed by atoms with Gasteiger partial charge in [0.2, 0.25) is 0 Å². The van der Waals surface area contributed by atoms with Gasteiger partial charge in [0.05, 0.1) is 34.2 Å². The summed E-state index contributed by atoms with van der Waals surface area (Å²) in [7, 11) is 0. The molecule has 0 radical (unpaired) electrons. The number of imide groups is 1. The first-order valence-corrected chi connectivity index (χ1v) is 13.4. The van der Waals surface area contributed by atoms with Crippen LogP contribution < -0.4 is 9.47 Å². The summed E-state index contributed by atoms with van der Waals surface area (Å²) in [6.07, 6.45) is 1.63. The van der Waals surface area contributed by atoms with Crippen molar-refractivity contribution in [2.24, 2.45) is 0 Å². The van der Waals surface area contributed by atoms with Gasteiger partial charge in [-0.25, -0.2) is 0 Å². The third-order valence-corrected chi connectivity index (χ3v) is 7.44.